The fourth-order valence-electron chi connectivity index (χ4n) is 1.89. The van der Waals surface area contributed by atoms with Crippen LogP contribution in [0.15, 0.2) is 43.0 Å². The normalized spacial score (nSPS) is 11.9. The van der Waals surface area contributed by atoms with Gasteiger partial charge in [0.15, 0.2) is 0 Å². The van der Waals surface area contributed by atoms with Gasteiger partial charge in [0.25, 0.3) is 0 Å². The van der Waals surface area contributed by atoms with Crippen LogP contribution in [0.5, 0.6) is 5.75 Å². The maximum absolute atomic E-state index is 10.9. The maximum Gasteiger partial charge on any atom is 0.221 e. The fourth-order valence-corrected chi connectivity index (χ4v) is 1.89. The number of carbonyl (C=O) groups excluding carboxylic acids is 1. The molecule has 0 aliphatic rings. The van der Waals surface area contributed by atoms with Crippen molar-refractivity contribution in [3.63, 3.8) is 0 Å². The van der Waals surface area contributed by atoms with Gasteiger partial charge in [-0.1, -0.05) is 6.92 Å². The first-order chi connectivity index (χ1) is 9.67. The summed E-state index contributed by atoms with van der Waals surface area (Å²) in [5, 5.41) is 2.73. The van der Waals surface area contributed by atoms with Gasteiger partial charge in [0.1, 0.15) is 11.9 Å². The molecule has 0 bridgehead atoms. The van der Waals surface area contributed by atoms with E-state index in [1.165, 1.54) is 6.92 Å². The molecule has 1 amide bonds. The highest BCUT2D eigenvalue weighted by atomic mass is 16.5. The SMILES string of the molecule is CCC(Cn1ccnc1)Oc1ccc(NC(C)=O)cc1. The summed E-state index contributed by atoms with van der Waals surface area (Å²) in [6.07, 6.45) is 6.47. The Labute approximate surface area is 118 Å². The number of carbonyl (C=O) groups is 1. The Kier molecular flexibility index (Phi) is 4.76. The highest BCUT2D eigenvalue weighted by Crippen LogP contribution is 2.18. The first kappa shape index (κ1) is 14.1. The summed E-state index contributed by atoms with van der Waals surface area (Å²) in [4.78, 5) is 15.0. The molecule has 0 aliphatic carbocycles. The van der Waals surface area contributed by atoms with Crippen molar-refractivity contribution in [1.82, 2.24) is 9.55 Å². The molecule has 0 radical (unpaired) electrons. The van der Waals surface area contributed by atoms with Crippen molar-refractivity contribution in [2.24, 2.45) is 0 Å². The van der Waals surface area contributed by atoms with Crippen molar-refractivity contribution in [1.29, 1.82) is 0 Å². The van der Waals surface area contributed by atoms with Crippen molar-refractivity contribution < 1.29 is 9.53 Å². The van der Waals surface area contributed by atoms with Gasteiger partial charge in [-0.05, 0) is 30.7 Å². The number of hydrogen-bond donors (Lipinski definition) is 1. The second-order valence-electron chi connectivity index (χ2n) is 4.61. The van der Waals surface area contributed by atoms with Crippen molar-refractivity contribution in [3.8, 4) is 5.75 Å². The second-order valence-corrected chi connectivity index (χ2v) is 4.61. The molecule has 2 rings (SSSR count). The molecule has 0 spiro atoms. The zero-order valence-corrected chi connectivity index (χ0v) is 11.7. The van der Waals surface area contributed by atoms with E-state index in [2.05, 4.69) is 17.2 Å². The number of anilines is 1. The van der Waals surface area contributed by atoms with Crippen molar-refractivity contribution in [2.45, 2.75) is 32.9 Å². The van der Waals surface area contributed by atoms with Gasteiger partial charge in [-0.15, -0.1) is 0 Å². The second kappa shape index (κ2) is 6.75. The van der Waals surface area contributed by atoms with Crippen molar-refractivity contribution in [2.75, 3.05) is 5.32 Å². The summed E-state index contributed by atoms with van der Waals surface area (Å²) < 4.78 is 7.94. The van der Waals surface area contributed by atoms with E-state index < -0.39 is 0 Å². The maximum atomic E-state index is 10.9. The van der Waals surface area contributed by atoms with Crippen LogP contribution in [0.3, 0.4) is 0 Å². The summed E-state index contributed by atoms with van der Waals surface area (Å²) in [5.41, 5.74) is 0.771. The minimum atomic E-state index is -0.0785. The van der Waals surface area contributed by atoms with Gasteiger partial charge in [-0.25, -0.2) is 4.98 Å². The molecule has 2 aromatic rings. The van der Waals surface area contributed by atoms with Crippen LogP contribution < -0.4 is 10.1 Å². The van der Waals surface area contributed by atoms with Gasteiger partial charge in [-0.3, -0.25) is 4.79 Å². The monoisotopic (exact) mass is 273 g/mol. The summed E-state index contributed by atoms with van der Waals surface area (Å²) in [5.74, 6) is 0.719. The molecule has 5 nitrogen and oxygen atoms in total. The first-order valence-electron chi connectivity index (χ1n) is 6.67. The summed E-state index contributed by atoms with van der Waals surface area (Å²) >= 11 is 0. The summed E-state index contributed by atoms with van der Waals surface area (Å²) in [6.45, 7) is 4.35. The molecule has 1 atom stereocenters. The molecule has 0 saturated heterocycles. The van der Waals surface area contributed by atoms with Crippen LogP contribution in [0.2, 0.25) is 0 Å². The smallest absolute Gasteiger partial charge is 0.221 e. The van der Waals surface area contributed by atoms with Gasteiger partial charge in [0.2, 0.25) is 5.91 Å². The summed E-state index contributed by atoms with van der Waals surface area (Å²) in [7, 11) is 0. The zero-order valence-electron chi connectivity index (χ0n) is 11.7. The molecule has 0 saturated carbocycles. The zero-order chi connectivity index (χ0) is 14.4. The Morgan fingerprint density at radius 3 is 2.70 bits per heavy atom. The molecule has 0 fully saturated rings. The number of hydrogen-bond acceptors (Lipinski definition) is 3. The third-order valence-corrected chi connectivity index (χ3v) is 2.91. The van der Waals surface area contributed by atoms with E-state index in [-0.39, 0.29) is 12.0 Å². The highest BCUT2D eigenvalue weighted by Gasteiger charge is 2.09. The van der Waals surface area contributed by atoms with Gasteiger partial charge >= 0.3 is 0 Å². The van der Waals surface area contributed by atoms with E-state index in [1.807, 2.05) is 35.0 Å². The van der Waals surface area contributed by atoms with E-state index in [9.17, 15) is 4.79 Å². The van der Waals surface area contributed by atoms with Crippen LogP contribution in [0.1, 0.15) is 20.3 Å². The molecule has 1 heterocycles. The van der Waals surface area contributed by atoms with E-state index in [4.69, 9.17) is 4.74 Å². The van der Waals surface area contributed by atoms with Crippen molar-refractivity contribution >= 4 is 11.6 Å². The predicted octanol–water partition coefficient (Wildman–Crippen LogP) is 2.70. The first-order valence-corrected chi connectivity index (χ1v) is 6.67. The third-order valence-electron chi connectivity index (χ3n) is 2.91. The lowest BCUT2D eigenvalue weighted by Gasteiger charge is -2.18. The molecule has 1 aromatic carbocycles. The Morgan fingerprint density at radius 1 is 1.40 bits per heavy atom. The molecule has 106 valence electrons. The lowest BCUT2D eigenvalue weighted by atomic mass is 10.2. The molecule has 5 heteroatoms. The lowest BCUT2D eigenvalue weighted by molar-refractivity contribution is -0.114. The van der Waals surface area contributed by atoms with E-state index in [0.29, 0.717) is 0 Å². The topological polar surface area (TPSA) is 56.1 Å². The number of imidazole rings is 1. The molecule has 20 heavy (non-hydrogen) atoms. The Balaban J connectivity index is 1.95. The average molecular weight is 273 g/mol. The number of aromatic nitrogens is 2. The highest BCUT2D eigenvalue weighted by molar-refractivity contribution is 5.88. The number of amides is 1. The fraction of sp³-hybridized carbons (Fsp3) is 0.333. The minimum Gasteiger partial charge on any atom is -0.489 e. The lowest BCUT2D eigenvalue weighted by Crippen LogP contribution is -2.21. The van der Waals surface area contributed by atoms with E-state index in [0.717, 1.165) is 24.4 Å². The van der Waals surface area contributed by atoms with E-state index >= 15 is 0 Å². The number of ether oxygens (including phenoxy) is 1. The number of nitrogens with zero attached hydrogens (tertiary/aromatic N) is 2. The molecule has 1 aromatic heterocycles. The van der Waals surface area contributed by atoms with Crippen LogP contribution in [-0.2, 0) is 11.3 Å². The van der Waals surface area contributed by atoms with Crippen LogP contribution in [0.25, 0.3) is 0 Å². The molecule has 1 N–H and O–H groups in total. The number of benzene rings is 1. The van der Waals surface area contributed by atoms with Gasteiger partial charge in [0.05, 0.1) is 12.9 Å². The molecule has 1 unspecified atom stereocenters. The molecular formula is C15H19N3O2. The molecule has 0 aliphatic heterocycles. The number of rotatable bonds is 6. The largest absolute Gasteiger partial charge is 0.489 e. The Hall–Kier alpha value is -2.30. The van der Waals surface area contributed by atoms with Gasteiger partial charge in [0, 0.05) is 25.0 Å². The average Bonchev–Trinajstić information content (AvgIpc) is 2.92. The standard InChI is InChI=1S/C15H19N3O2/c1-3-14(10-18-9-8-16-11-18)20-15-6-4-13(5-7-15)17-12(2)19/h4-9,11,14H,3,10H2,1-2H3,(H,17,19). The Morgan fingerprint density at radius 2 is 2.15 bits per heavy atom. The van der Waals surface area contributed by atoms with Crippen LogP contribution in [-0.4, -0.2) is 21.6 Å². The Bertz CT molecular complexity index is 535. The summed E-state index contributed by atoms with van der Waals surface area (Å²) in [6, 6.07) is 7.39. The third kappa shape index (κ3) is 4.12. The van der Waals surface area contributed by atoms with Crippen LogP contribution >= 0.6 is 0 Å². The van der Waals surface area contributed by atoms with Gasteiger partial charge < -0.3 is 14.6 Å². The van der Waals surface area contributed by atoms with Crippen LogP contribution in [0.4, 0.5) is 5.69 Å². The predicted molar refractivity (Wildman–Crippen MR) is 77.7 cm³/mol. The molecular weight excluding hydrogens is 254 g/mol. The quantitative estimate of drug-likeness (QED) is 0.880. The van der Waals surface area contributed by atoms with E-state index in [1.54, 1.807) is 12.5 Å². The number of nitrogens with one attached hydrogen (secondary N) is 1. The van der Waals surface area contributed by atoms with Crippen molar-refractivity contribution in [3.05, 3.63) is 43.0 Å². The minimum absolute atomic E-state index is 0.0785. The van der Waals surface area contributed by atoms with Gasteiger partial charge in [-0.2, -0.15) is 0 Å². The van der Waals surface area contributed by atoms with Crippen LogP contribution in [0, 0.1) is 0 Å².